The average Bonchev–Trinajstić information content (AvgIpc) is 2.94. The summed E-state index contributed by atoms with van der Waals surface area (Å²) in [6, 6.07) is 5.39. The fourth-order valence-corrected chi connectivity index (χ4v) is 3.67. The van der Waals surface area contributed by atoms with E-state index in [4.69, 9.17) is 0 Å². The molecule has 0 amide bonds. The standard InChI is InChI=1S/C13H14FN3S/c1-17-13(15-8-16-17)7-18-12-6-5-9-10(12)3-2-4-11(9)14/h2-4,8,12H,5-7H2,1H3. The predicted molar refractivity (Wildman–Crippen MR) is 69.8 cm³/mol. The van der Waals surface area contributed by atoms with Gasteiger partial charge in [-0.3, -0.25) is 4.68 Å². The number of halogens is 1. The molecule has 0 saturated carbocycles. The number of fused-ring (bicyclic) bond motifs is 1. The zero-order chi connectivity index (χ0) is 12.5. The van der Waals surface area contributed by atoms with Crippen molar-refractivity contribution in [1.82, 2.24) is 14.8 Å². The third kappa shape index (κ3) is 2.03. The largest absolute Gasteiger partial charge is 0.252 e. The lowest BCUT2D eigenvalue weighted by atomic mass is 10.1. The summed E-state index contributed by atoms with van der Waals surface area (Å²) in [5, 5.41) is 4.43. The normalized spacial score (nSPS) is 18.0. The van der Waals surface area contributed by atoms with Gasteiger partial charge >= 0.3 is 0 Å². The molecule has 1 unspecified atom stereocenters. The molecule has 2 aromatic rings. The predicted octanol–water partition coefficient (Wildman–Crippen LogP) is 2.87. The van der Waals surface area contributed by atoms with Crippen molar-refractivity contribution >= 4 is 11.8 Å². The van der Waals surface area contributed by atoms with Crippen LogP contribution in [-0.2, 0) is 19.2 Å². The summed E-state index contributed by atoms with van der Waals surface area (Å²) in [5.41, 5.74) is 2.05. The molecule has 1 aliphatic carbocycles. The Hall–Kier alpha value is -1.36. The van der Waals surface area contributed by atoms with Crippen LogP contribution in [-0.4, -0.2) is 14.8 Å². The van der Waals surface area contributed by atoms with Gasteiger partial charge in [-0.2, -0.15) is 5.10 Å². The van der Waals surface area contributed by atoms with Gasteiger partial charge in [0.15, 0.2) is 0 Å². The van der Waals surface area contributed by atoms with Crippen molar-refractivity contribution in [2.24, 2.45) is 7.05 Å². The molecular weight excluding hydrogens is 249 g/mol. The highest BCUT2D eigenvalue weighted by Gasteiger charge is 2.25. The highest BCUT2D eigenvalue weighted by Crippen LogP contribution is 2.42. The second kappa shape index (κ2) is 4.72. The third-order valence-electron chi connectivity index (χ3n) is 3.38. The number of aromatic nitrogens is 3. The Bertz CT molecular complexity index is 567. The number of rotatable bonds is 3. The van der Waals surface area contributed by atoms with Crippen LogP contribution in [0.15, 0.2) is 24.5 Å². The number of thioether (sulfide) groups is 1. The number of hydrogen-bond acceptors (Lipinski definition) is 3. The highest BCUT2D eigenvalue weighted by molar-refractivity contribution is 7.98. The average molecular weight is 263 g/mol. The Morgan fingerprint density at radius 2 is 2.39 bits per heavy atom. The van der Waals surface area contributed by atoms with E-state index in [9.17, 15) is 4.39 Å². The summed E-state index contributed by atoms with van der Waals surface area (Å²) in [6.07, 6.45) is 3.43. The second-order valence-corrected chi connectivity index (χ2v) is 5.64. The molecule has 0 radical (unpaired) electrons. The number of nitrogens with zero attached hydrogens (tertiary/aromatic N) is 3. The van der Waals surface area contributed by atoms with Crippen LogP contribution in [0.1, 0.15) is 28.6 Å². The van der Waals surface area contributed by atoms with Crippen LogP contribution in [0.25, 0.3) is 0 Å². The summed E-state index contributed by atoms with van der Waals surface area (Å²) in [4.78, 5) is 4.21. The van der Waals surface area contributed by atoms with E-state index in [2.05, 4.69) is 10.1 Å². The zero-order valence-electron chi connectivity index (χ0n) is 10.1. The maximum Gasteiger partial charge on any atom is 0.138 e. The van der Waals surface area contributed by atoms with Crippen LogP contribution in [0.2, 0.25) is 0 Å². The first kappa shape index (κ1) is 11.7. The van der Waals surface area contributed by atoms with Crippen LogP contribution in [0.5, 0.6) is 0 Å². The SMILES string of the molecule is Cn1ncnc1CSC1CCc2c(F)cccc21. The van der Waals surface area contributed by atoms with Gasteiger partial charge < -0.3 is 0 Å². The molecule has 5 heteroatoms. The van der Waals surface area contributed by atoms with E-state index < -0.39 is 0 Å². The number of benzene rings is 1. The minimum absolute atomic E-state index is 0.0609. The van der Waals surface area contributed by atoms with Gasteiger partial charge in [-0.25, -0.2) is 9.37 Å². The van der Waals surface area contributed by atoms with Gasteiger partial charge in [0.2, 0.25) is 0 Å². The smallest absolute Gasteiger partial charge is 0.138 e. The maximum atomic E-state index is 13.6. The lowest BCUT2D eigenvalue weighted by Crippen LogP contribution is -1.99. The van der Waals surface area contributed by atoms with E-state index in [0.717, 1.165) is 35.5 Å². The lowest BCUT2D eigenvalue weighted by Gasteiger charge is -2.10. The monoisotopic (exact) mass is 263 g/mol. The molecule has 0 spiro atoms. The molecule has 0 bridgehead atoms. The molecule has 1 aromatic carbocycles. The van der Waals surface area contributed by atoms with Gasteiger partial charge in [-0.15, -0.1) is 11.8 Å². The van der Waals surface area contributed by atoms with Gasteiger partial charge in [0, 0.05) is 12.3 Å². The van der Waals surface area contributed by atoms with E-state index in [1.807, 2.05) is 24.9 Å². The van der Waals surface area contributed by atoms with E-state index in [1.165, 1.54) is 0 Å². The molecule has 0 N–H and O–H groups in total. The lowest BCUT2D eigenvalue weighted by molar-refractivity contribution is 0.613. The van der Waals surface area contributed by atoms with Gasteiger partial charge in [0.25, 0.3) is 0 Å². The molecule has 1 aliphatic rings. The minimum Gasteiger partial charge on any atom is -0.252 e. The summed E-state index contributed by atoms with van der Waals surface area (Å²) in [6.45, 7) is 0. The molecule has 0 fully saturated rings. The third-order valence-corrected chi connectivity index (χ3v) is 4.69. The Morgan fingerprint density at radius 3 is 3.17 bits per heavy atom. The van der Waals surface area contributed by atoms with E-state index in [0.29, 0.717) is 5.25 Å². The van der Waals surface area contributed by atoms with Gasteiger partial charge in [-0.1, -0.05) is 12.1 Å². The molecule has 94 valence electrons. The van der Waals surface area contributed by atoms with Gasteiger partial charge in [-0.05, 0) is 30.0 Å². The number of hydrogen-bond donors (Lipinski definition) is 0. The van der Waals surface area contributed by atoms with Crippen LogP contribution >= 0.6 is 11.8 Å². The molecule has 0 aliphatic heterocycles. The van der Waals surface area contributed by atoms with Crippen molar-refractivity contribution in [3.05, 3.63) is 47.3 Å². The fourth-order valence-electron chi connectivity index (χ4n) is 2.37. The summed E-state index contributed by atoms with van der Waals surface area (Å²) in [5.74, 6) is 1.72. The van der Waals surface area contributed by atoms with Crippen molar-refractivity contribution in [1.29, 1.82) is 0 Å². The van der Waals surface area contributed by atoms with Crippen molar-refractivity contribution in [3.8, 4) is 0 Å². The topological polar surface area (TPSA) is 30.7 Å². The Labute approximate surface area is 109 Å². The number of aryl methyl sites for hydroxylation is 1. The van der Waals surface area contributed by atoms with E-state index in [1.54, 1.807) is 23.1 Å². The molecule has 1 heterocycles. The van der Waals surface area contributed by atoms with E-state index in [-0.39, 0.29) is 5.82 Å². The first-order valence-corrected chi connectivity index (χ1v) is 7.02. The van der Waals surface area contributed by atoms with Crippen LogP contribution < -0.4 is 0 Å². The Balaban J connectivity index is 1.74. The Morgan fingerprint density at radius 1 is 1.50 bits per heavy atom. The first-order valence-electron chi connectivity index (χ1n) is 5.97. The first-order chi connectivity index (χ1) is 8.75. The van der Waals surface area contributed by atoms with Gasteiger partial charge in [0.05, 0.1) is 5.75 Å². The summed E-state index contributed by atoms with van der Waals surface area (Å²) < 4.78 is 15.4. The van der Waals surface area contributed by atoms with Gasteiger partial charge in [0.1, 0.15) is 18.0 Å². The van der Waals surface area contributed by atoms with Crippen LogP contribution in [0.4, 0.5) is 4.39 Å². The van der Waals surface area contributed by atoms with Crippen LogP contribution in [0.3, 0.4) is 0 Å². The molecule has 1 atom stereocenters. The van der Waals surface area contributed by atoms with Crippen molar-refractivity contribution in [2.75, 3.05) is 0 Å². The maximum absolute atomic E-state index is 13.6. The molecule has 1 aromatic heterocycles. The quantitative estimate of drug-likeness (QED) is 0.853. The molecule has 18 heavy (non-hydrogen) atoms. The molecule has 3 nitrogen and oxygen atoms in total. The molecule has 3 rings (SSSR count). The molecular formula is C13H14FN3S. The minimum atomic E-state index is -0.0609. The zero-order valence-corrected chi connectivity index (χ0v) is 11.0. The van der Waals surface area contributed by atoms with Crippen LogP contribution in [0, 0.1) is 5.82 Å². The summed E-state index contributed by atoms with van der Waals surface area (Å²) >= 11 is 1.82. The van der Waals surface area contributed by atoms with E-state index >= 15 is 0 Å². The van der Waals surface area contributed by atoms with Crippen molar-refractivity contribution in [2.45, 2.75) is 23.8 Å². The summed E-state index contributed by atoms with van der Waals surface area (Å²) in [7, 11) is 1.89. The Kier molecular flexibility index (Phi) is 3.07. The molecule has 0 saturated heterocycles. The fraction of sp³-hybridized carbons (Fsp3) is 0.385. The second-order valence-electron chi connectivity index (χ2n) is 4.45. The highest BCUT2D eigenvalue weighted by atomic mass is 32.2. The van der Waals surface area contributed by atoms with Crippen molar-refractivity contribution in [3.63, 3.8) is 0 Å². The van der Waals surface area contributed by atoms with Crippen molar-refractivity contribution < 1.29 is 4.39 Å².